The third-order valence-electron chi connectivity index (χ3n) is 1.86. The molecule has 0 aromatic carbocycles. The predicted octanol–water partition coefficient (Wildman–Crippen LogP) is 2.98. The maximum absolute atomic E-state index is 11.7. The van der Waals surface area contributed by atoms with E-state index < -0.39 is 0 Å². The third-order valence-corrected chi connectivity index (χ3v) is 4.16. The number of halogens is 1. The molecule has 1 N–H and O–H groups in total. The van der Waals surface area contributed by atoms with Crippen molar-refractivity contribution in [1.82, 2.24) is 0 Å². The van der Waals surface area contributed by atoms with Crippen molar-refractivity contribution in [1.29, 1.82) is 5.26 Å². The summed E-state index contributed by atoms with van der Waals surface area (Å²) >= 11 is 4.67. The Morgan fingerprint density at radius 3 is 2.87 bits per heavy atom. The van der Waals surface area contributed by atoms with Gasteiger partial charge >= 0.3 is 0 Å². The Morgan fingerprint density at radius 1 is 1.67 bits per heavy atom. The molecule has 0 aliphatic carbocycles. The molecule has 1 unspecified atom stereocenters. The second-order valence-corrected chi connectivity index (χ2v) is 5.31. The normalized spacial score (nSPS) is 12.2. The Kier molecular flexibility index (Phi) is 4.30. The van der Waals surface area contributed by atoms with E-state index in [9.17, 15) is 4.79 Å². The van der Waals surface area contributed by atoms with Gasteiger partial charge in [-0.2, -0.15) is 5.26 Å². The summed E-state index contributed by atoms with van der Waals surface area (Å²) in [6.45, 7) is 3.91. The van der Waals surface area contributed by atoms with Gasteiger partial charge in [-0.05, 0) is 17.4 Å². The summed E-state index contributed by atoms with van der Waals surface area (Å²) in [5.41, 5.74) is 0.511. The molecule has 0 saturated heterocycles. The summed E-state index contributed by atoms with van der Waals surface area (Å²) in [4.78, 5) is 11.4. The third kappa shape index (κ3) is 3.05. The molecule has 1 aromatic rings. The fraction of sp³-hybridized carbons (Fsp3) is 0.400. The van der Waals surface area contributed by atoms with Crippen LogP contribution in [0.2, 0.25) is 0 Å². The van der Waals surface area contributed by atoms with Crippen LogP contribution < -0.4 is 5.32 Å². The average Bonchev–Trinajstić information content (AvgIpc) is 2.63. The Bertz CT molecular complexity index is 394. The first-order valence-electron chi connectivity index (χ1n) is 4.48. The van der Waals surface area contributed by atoms with Crippen molar-refractivity contribution < 1.29 is 4.79 Å². The van der Waals surface area contributed by atoms with E-state index in [0.29, 0.717) is 10.6 Å². The molecule has 0 radical (unpaired) electrons. The number of alkyl halides is 1. The van der Waals surface area contributed by atoms with Gasteiger partial charge in [0.05, 0.1) is 10.4 Å². The lowest BCUT2D eigenvalue weighted by Crippen LogP contribution is -2.26. The number of carbonyl (C=O) groups is 1. The number of nitrogens with zero attached hydrogens (tertiary/aromatic N) is 1. The maximum atomic E-state index is 11.7. The van der Waals surface area contributed by atoms with Gasteiger partial charge in [0.15, 0.2) is 0 Å². The summed E-state index contributed by atoms with van der Waals surface area (Å²) in [6.07, 6.45) is 0. The van der Waals surface area contributed by atoms with Crippen molar-refractivity contribution in [3.05, 3.63) is 17.0 Å². The molecule has 3 nitrogen and oxygen atoms in total. The minimum Gasteiger partial charge on any atom is -0.316 e. The molecule has 1 aromatic heterocycles. The zero-order chi connectivity index (χ0) is 11.4. The topological polar surface area (TPSA) is 52.9 Å². The van der Waals surface area contributed by atoms with Gasteiger partial charge < -0.3 is 5.32 Å². The minimum absolute atomic E-state index is 0.107. The van der Waals surface area contributed by atoms with Crippen LogP contribution in [0.25, 0.3) is 0 Å². The molecule has 1 amide bonds. The zero-order valence-electron chi connectivity index (χ0n) is 8.45. The van der Waals surface area contributed by atoms with E-state index in [4.69, 9.17) is 5.26 Å². The Morgan fingerprint density at radius 2 is 2.33 bits per heavy atom. The number of nitriles is 1. The molecule has 0 saturated carbocycles. The average molecular weight is 287 g/mol. The number of thiophene rings is 1. The van der Waals surface area contributed by atoms with Crippen LogP contribution in [0, 0.1) is 17.2 Å². The van der Waals surface area contributed by atoms with Gasteiger partial charge in [-0.1, -0.05) is 29.8 Å². The molecule has 15 heavy (non-hydrogen) atoms. The maximum Gasteiger partial charge on any atom is 0.239 e. The van der Waals surface area contributed by atoms with Gasteiger partial charge in [-0.15, -0.1) is 11.3 Å². The van der Waals surface area contributed by atoms with Crippen LogP contribution in [0.4, 0.5) is 5.00 Å². The molecule has 0 aliphatic heterocycles. The number of amides is 1. The van der Waals surface area contributed by atoms with E-state index in [-0.39, 0.29) is 16.7 Å². The minimum atomic E-state index is -0.230. The molecular weight excluding hydrogens is 276 g/mol. The molecule has 0 bridgehead atoms. The molecule has 0 spiro atoms. The van der Waals surface area contributed by atoms with E-state index >= 15 is 0 Å². The van der Waals surface area contributed by atoms with E-state index in [1.807, 2.05) is 19.9 Å². The zero-order valence-corrected chi connectivity index (χ0v) is 10.9. The predicted molar refractivity (Wildman–Crippen MR) is 65.2 cm³/mol. The lowest BCUT2D eigenvalue weighted by atomic mass is 10.1. The SMILES string of the molecule is CC(C)C(Br)C(=O)Nc1sccc1C#N. The summed E-state index contributed by atoms with van der Waals surface area (Å²) in [7, 11) is 0. The van der Waals surface area contributed by atoms with Crippen molar-refractivity contribution >= 4 is 38.2 Å². The second kappa shape index (κ2) is 5.29. The number of nitrogens with one attached hydrogen (secondary N) is 1. The van der Waals surface area contributed by atoms with Gasteiger partial charge in [0.25, 0.3) is 0 Å². The fourth-order valence-corrected chi connectivity index (χ4v) is 1.83. The first-order valence-corrected chi connectivity index (χ1v) is 6.28. The van der Waals surface area contributed by atoms with Gasteiger partial charge in [-0.25, -0.2) is 0 Å². The first-order chi connectivity index (χ1) is 7.06. The van der Waals surface area contributed by atoms with Crippen LogP contribution in [0.15, 0.2) is 11.4 Å². The highest BCUT2D eigenvalue weighted by atomic mass is 79.9. The van der Waals surface area contributed by atoms with Crippen molar-refractivity contribution in [2.45, 2.75) is 18.7 Å². The molecule has 1 heterocycles. The highest BCUT2D eigenvalue weighted by Gasteiger charge is 2.19. The Labute approximate surface area is 101 Å². The summed E-state index contributed by atoms with van der Waals surface area (Å²) in [6, 6.07) is 3.72. The van der Waals surface area contributed by atoms with Gasteiger partial charge in [0, 0.05) is 0 Å². The number of anilines is 1. The van der Waals surface area contributed by atoms with Crippen LogP contribution in [-0.4, -0.2) is 10.7 Å². The molecular formula is C10H11BrN2OS. The number of hydrogen-bond acceptors (Lipinski definition) is 3. The van der Waals surface area contributed by atoms with Crippen LogP contribution >= 0.6 is 27.3 Å². The number of carbonyl (C=O) groups excluding carboxylic acids is 1. The van der Waals surface area contributed by atoms with E-state index in [2.05, 4.69) is 21.2 Å². The first kappa shape index (κ1) is 12.2. The number of hydrogen-bond donors (Lipinski definition) is 1. The van der Waals surface area contributed by atoms with Crippen molar-refractivity contribution in [3.63, 3.8) is 0 Å². The lowest BCUT2D eigenvalue weighted by Gasteiger charge is -2.12. The van der Waals surface area contributed by atoms with Crippen molar-refractivity contribution in [3.8, 4) is 6.07 Å². The van der Waals surface area contributed by atoms with Crippen molar-refractivity contribution in [2.24, 2.45) is 5.92 Å². The quantitative estimate of drug-likeness (QED) is 0.869. The highest BCUT2D eigenvalue weighted by Crippen LogP contribution is 2.23. The molecule has 80 valence electrons. The molecule has 5 heteroatoms. The van der Waals surface area contributed by atoms with Crippen LogP contribution in [0.1, 0.15) is 19.4 Å². The van der Waals surface area contributed by atoms with E-state index in [1.54, 1.807) is 11.4 Å². The lowest BCUT2D eigenvalue weighted by molar-refractivity contribution is -0.116. The van der Waals surface area contributed by atoms with Crippen molar-refractivity contribution in [2.75, 3.05) is 5.32 Å². The smallest absolute Gasteiger partial charge is 0.239 e. The second-order valence-electron chi connectivity index (χ2n) is 3.41. The monoisotopic (exact) mass is 286 g/mol. The largest absolute Gasteiger partial charge is 0.316 e. The molecule has 1 rings (SSSR count). The summed E-state index contributed by atoms with van der Waals surface area (Å²) in [5.74, 6) is 0.111. The van der Waals surface area contributed by atoms with Crippen LogP contribution in [0.5, 0.6) is 0 Å². The standard InChI is InChI=1S/C10H11BrN2OS/c1-6(2)8(11)9(14)13-10-7(5-12)3-4-15-10/h3-4,6,8H,1-2H3,(H,13,14). The Balaban J connectivity index is 2.71. The molecule has 0 fully saturated rings. The summed E-state index contributed by atoms with van der Waals surface area (Å²) < 4.78 is 0. The summed E-state index contributed by atoms with van der Waals surface area (Å²) in [5, 5.41) is 13.9. The van der Waals surface area contributed by atoms with Gasteiger partial charge in [0.2, 0.25) is 5.91 Å². The van der Waals surface area contributed by atoms with Crippen LogP contribution in [0.3, 0.4) is 0 Å². The van der Waals surface area contributed by atoms with Gasteiger partial charge in [-0.3, -0.25) is 4.79 Å². The van der Waals surface area contributed by atoms with E-state index in [1.165, 1.54) is 11.3 Å². The molecule has 0 aliphatic rings. The number of rotatable bonds is 3. The highest BCUT2D eigenvalue weighted by molar-refractivity contribution is 9.10. The van der Waals surface area contributed by atoms with Crippen LogP contribution in [-0.2, 0) is 4.79 Å². The Hall–Kier alpha value is -0.860. The van der Waals surface area contributed by atoms with Gasteiger partial charge in [0.1, 0.15) is 11.1 Å². The van der Waals surface area contributed by atoms with E-state index in [0.717, 1.165) is 0 Å². The molecule has 1 atom stereocenters. The fourth-order valence-electron chi connectivity index (χ4n) is 0.978.